The van der Waals surface area contributed by atoms with Crippen molar-refractivity contribution in [2.75, 3.05) is 7.11 Å². The Labute approximate surface area is 110 Å². The summed E-state index contributed by atoms with van der Waals surface area (Å²) in [7, 11) is 1.21. The minimum Gasteiger partial charge on any atom is -0.508 e. The Morgan fingerprint density at radius 3 is 2.84 bits per heavy atom. The number of phenolic OH excluding ortho intramolecular Hbond substituents is 1. The molecule has 0 heterocycles. The molecule has 0 aromatic heterocycles. The van der Waals surface area contributed by atoms with Crippen LogP contribution in [0.15, 0.2) is 24.3 Å². The number of aromatic hydroxyl groups is 1. The van der Waals surface area contributed by atoms with Crippen molar-refractivity contribution >= 4 is 11.9 Å². The highest BCUT2D eigenvalue weighted by molar-refractivity contribution is 5.97. The summed E-state index contributed by atoms with van der Waals surface area (Å²) in [5.41, 5.74) is 0.228. The predicted molar refractivity (Wildman–Crippen MR) is 66.2 cm³/mol. The Bertz CT molecular complexity index is 508. The number of hydrogen-bond acceptors (Lipinski definition) is 5. The molecular formula is C13H14N2O4. The number of phenols is 1. The number of nitrogens with one attached hydrogen (secondary N) is 1. The van der Waals surface area contributed by atoms with Crippen LogP contribution in [0, 0.1) is 11.3 Å². The van der Waals surface area contributed by atoms with E-state index in [2.05, 4.69) is 10.1 Å². The smallest absolute Gasteiger partial charge is 0.328 e. The number of nitriles is 1. The number of carbonyl (C=O) groups is 2. The van der Waals surface area contributed by atoms with Crippen molar-refractivity contribution < 1.29 is 19.4 Å². The van der Waals surface area contributed by atoms with E-state index in [0.29, 0.717) is 0 Å². The molecule has 1 atom stereocenters. The Morgan fingerprint density at radius 1 is 1.53 bits per heavy atom. The number of carbonyl (C=O) groups excluding carboxylic acids is 2. The first-order valence-corrected chi connectivity index (χ1v) is 5.63. The van der Waals surface area contributed by atoms with Crippen molar-refractivity contribution in [1.29, 1.82) is 5.26 Å². The molecule has 6 heteroatoms. The standard InChI is InChI=1S/C13H14N2O4/c1-19-13(18)11(6-3-7-14)15-12(17)9-4-2-5-10(16)8-9/h2,4-5,8,11,16H,3,6H2,1H3,(H,15,17)/t11-/m1/s1. The molecule has 100 valence electrons. The molecule has 2 N–H and O–H groups in total. The summed E-state index contributed by atoms with van der Waals surface area (Å²) in [6.45, 7) is 0. The highest BCUT2D eigenvalue weighted by Crippen LogP contribution is 2.11. The number of esters is 1. The van der Waals surface area contributed by atoms with Crippen LogP contribution < -0.4 is 5.32 Å². The zero-order valence-corrected chi connectivity index (χ0v) is 10.4. The molecule has 0 aliphatic heterocycles. The maximum Gasteiger partial charge on any atom is 0.328 e. The Balaban J connectivity index is 2.76. The van der Waals surface area contributed by atoms with Gasteiger partial charge in [-0.05, 0) is 24.6 Å². The fourth-order valence-electron chi connectivity index (χ4n) is 1.49. The van der Waals surface area contributed by atoms with Crippen LogP contribution in [0.25, 0.3) is 0 Å². The van der Waals surface area contributed by atoms with E-state index in [9.17, 15) is 14.7 Å². The van der Waals surface area contributed by atoms with Crippen molar-refractivity contribution in [2.24, 2.45) is 0 Å². The van der Waals surface area contributed by atoms with E-state index in [0.717, 1.165) is 0 Å². The topological polar surface area (TPSA) is 99.4 Å². The van der Waals surface area contributed by atoms with Gasteiger partial charge in [-0.2, -0.15) is 5.26 Å². The fourth-order valence-corrected chi connectivity index (χ4v) is 1.49. The molecule has 0 unspecified atom stereocenters. The van der Waals surface area contributed by atoms with Crippen LogP contribution in [0.1, 0.15) is 23.2 Å². The lowest BCUT2D eigenvalue weighted by atomic mass is 10.1. The normalized spacial score (nSPS) is 11.2. The van der Waals surface area contributed by atoms with E-state index in [1.165, 1.54) is 31.4 Å². The summed E-state index contributed by atoms with van der Waals surface area (Å²) in [6.07, 6.45) is 0.299. The van der Waals surface area contributed by atoms with Crippen molar-refractivity contribution in [2.45, 2.75) is 18.9 Å². The molecule has 1 aromatic rings. The van der Waals surface area contributed by atoms with Gasteiger partial charge in [-0.3, -0.25) is 4.79 Å². The summed E-state index contributed by atoms with van der Waals surface area (Å²) in [4.78, 5) is 23.3. The number of hydrogen-bond donors (Lipinski definition) is 2. The van der Waals surface area contributed by atoms with Crippen LogP contribution >= 0.6 is 0 Å². The minimum atomic E-state index is -0.875. The van der Waals surface area contributed by atoms with E-state index in [1.54, 1.807) is 0 Å². The van der Waals surface area contributed by atoms with Crippen LogP contribution in [0.3, 0.4) is 0 Å². The van der Waals surface area contributed by atoms with Gasteiger partial charge in [0.25, 0.3) is 5.91 Å². The molecule has 1 aromatic carbocycles. The van der Waals surface area contributed by atoms with Gasteiger partial charge in [-0.1, -0.05) is 6.07 Å². The molecule has 1 amide bonds. The first kappa shape index (κ1) is 14.5. The number of nitrogens with zero attached hydrogens (tertiary/aromatic N) is 1. The van der Waals surface area contributed by atoms with E-state index in [-0.39, 0.29) is 24.2 Å². The molecule has 0 spiro atoms. The van der Waals surface area contributed by atoms with Gasteiger partial charge in [0.1, 0.15) is 11.8 Å². The number of benzene rings is 1. The van der Waals surface area contributed by atoms with Crippen LogP contribution in [-0.2, 0) is 9.53 Å². The maximum atomic E-state index is 11.9. The highest BCUT2D eigenvalue weighted by Gasteiger charge is 2.21. The molecule has 1 rings (SSSR count). The average Bonchev–Trinajstić information content (AvgIpc) is 2.42. The van der Waals surface area contributed by atoms with E-state index in [1.807, 2.05) is 6.07 Å². The van der Waals surface area contributed by atoms with Crippen LogP contribution in [0.2, 0.25) is 0 Å². The van der Waals surface area contributed by atoms with Gasteiger partial charge in [0.15, 0.2) is 0 Å². The van der Waals surface area contributed by atoms with Crippen LogP contribution in [0.4, 0.5) is 0 Å². The summed E-state index contributed by atoms with van der Waals surface area (Å²) in [6, 6.07) is 6.77. The third kappa shape index (κ3) is 4.32. The summed E-state index contributed by atoms with van der Waals surface area (Å²) in [5, 5.41) is 20.3. The molecule has 19 heavy (non-hydrogen) atoms. The fraction of sp³-hybridized carbons (Fsp3) is 0.308. The largest absolute Gasteiger partial charge is 0.508 e. The zero-order chi connectivity index (χ0) is 14.3. The second kappa shape index (κ2) is 7.01. The van der Waals surface area contributed by atoms with E-state index >= 15 is 0 Å². The van der Waals surface area contributed by atoms with Gasteiger partial charge in [0.05, 0.1) is 13.2 Å². The predicted octanol–water partition coefficient (Wildman–Crippen LogP) is 0.967. The van der Waals surface area contributed by atoms with Crippen LogP contribution in [-0.4, -0.2) is 30.1 Å². The number of amides is 1. The van der Waals surface area contributed by atoms with E-state index in [4.69, 9.17) is 5.26 Å². The first-order valence-electron chi connectivity index (χ1n) is 5.63. The van der Waals surface area contributed by atoms with Crippen molar-refractivity contribution in [3.05, 3.63) is 29.8 Å². The second-order valence-corrected chi connectivity index (χ2v) is 3.80. The van der Waals surface area contributed by atoms with Crippen molar-refractivity contribution in [1.82, 2.24) is 5.32 Å². The minimum absolute atomic E-state index is 0.0423. The first-order chi connectivity index (χ1) is 9.08. The number of ether oxygens (including phenoxy) is 1. The summed E-state index contributed by atoms with van der Waals surface area (Å²) >= 11 is 0. The highest BCUT2D eigenvalue weighted by atomic mass is 16.5. The van der Waals surface area contributed by atoms with Gasteiger partial charge >= 0.3 is 5.97 Å². The van der Waals surface area contributed by atoms with Crippen molar-refractivity contribution in [3.8, 4) is 11.8 Å². The molecule has 0 radical (unpaired) electrons. The maximum absolute atomic E-state index is 11.9. The Hall–Kier alpha value is -2.55. The Morgan fingerprint density at radius 2 is 2.26 bits per heavy atom. The second-order valence-electron chi connectivity index (χ2n) is 3.80. The lowest BCUT2D eigenvalue weighted by molar-refractivity contribution is -0.143. The third-order valence-electron chi connectivity index (χ3n) is 2.44. The van der Waals surface area contributed by atoms with Gasteiger partial charge in [-0.15, -0.1) is 0 Å². The molecule has 0 aliphatic rings. The molecule has 0 saturated carbocycles. The summed E-state index contributed by atoms with van der Waals surface area (Å²) < 4.78 is 4.56. The van der Waals surface area contributed by atoms with Gasteiger partial charge in [0.2, 0.25) is 0 Å². The summed E-state index contributed by atoms with van der Waals surface area (Å²) in [5.74, 6) is -1.16. The molecule has 6 nitrogen and oxygen atoms in total. The molecular weight excluding hydrogens is 248 g/mol. The lowest BCUT2D eigenvalue weighted by Crippen LogP contribution is -2.41. The monoisotopic (exact) mass is 262 g/mol. The molecule has 0 fully saturated rings. The molecule has 0 aliphatic carbocycles. The van der Waals surface area contributed by atoms with Crippen molar-refractivity contribution in [3.63, 3.8) is 0 Å². The van der Waals surface area contributed by atoms with Gasteiger partial charge in [-0.25, -0.2) is 4.79 Å². The molecule has 0 bridgehead atoms. The van der Waals surface area contributed by atoms with Crippen LogP contribution in [0.5, 0.6) is 5.75 Å². The Kier molecular flexibility index (Phi) is 5.35. The number of methoxy groups -OCH3 is 1. The van der Waals surface area contributed by atoms with Gasteiger partial charge < -0.3 is 15.2 Å². The average molecular weight is 262 g/mol. The van der Waals surface area contributed by atoms with E-state index < -0.39 is 17.9 Å². The zero-order valence-electron chi connectivity index (χ0n) is 10.4. The number of rotatable bonds is 5. The molecule has 0 saturated heterocycles. The third-order valence-corrected chi connectivity index (χ3v) is 2.44. The lowest BCUT2D eigenvalue weighted by Gasteiger charge is -2.15. The quantitative estimate of drug-likeness (QED) is 0.770. The SMILES string of the molecule is COC(=O)[C@@H](CCC#N)NC(=O)c1cccc(O)c1. The van der Waals surface area contributed by atoms with Gasteiger partial charge in [0, 0.05) is 12.0 Å².